The summed E-state index contributed by atoms with van der Waals surface area (Å²) in [4.78, 5) is 17.4. The average molecular weight is 461 g/mol. The van der Waals surface area contributed by atoms with Crippen molar-refractivity contribution in [3.63, 3.8) is 0 Å². The minimum absolute atomic E-state index is 0.0195. The topological polar surface area (TPSA) is 59.9 Å². The van der Waals surface area contributed by atoms with Crippen LogP contribution in [0.1, 0.15) is 25.0 Å². The highest BCUT2D eigenvalue weighted by molar-refractivity contribution is 9.10. The molecule has 5 nitrogen and oxygen atoms in total. The summed E-state index contributed by atoms with van der Waals surface area (Å²) in [5.74, 6) is 1.07. The molecule has 2 aromatic rings. The molecule has 0 atom stereocenters. The van der Waals surface area contributed by atoms with Gasteiger partial charge in [0, 0.05) is 0 Å². The fourth-order valence-corrected chi connectivity index (χ4v) is 3.94. The average Bonchev–Trinajstić information content (AvgIpc) is 2.97. The Labute approximate surface area is 177 Å². The van der Waals surface area contributed by atoms with E-state index in [-0.39, 0.29) is 12.0 Å². The van der Waals surface area contributed by atoms with Gasteiger partial charge in [-0.05, 0) is 84.4 Å². The zero-order valence-corrected chi connectivity index (χ0v) is 18.5. The van der Waals surface area contributed by atoms with Gasteiger partial charge in [0.25, 0.3) is 5.91 Å². The highest BCUT2D eigenvalue weighted by Gasteiger charge is 2.24. The zero-order valence-electron chi connectivity index (χ0n) is 16.1. The van der Waals surface area contributed by atoms with Gasteiger partial charge in [-0.3, -0.25) is 4.79 Å². The summed E-state index contributed by atoms with van der Waals surface area (Å²) in [6.45, 7) is 5.93. The van der Waals surface area contributed by atoms with E-state index in [4.69, 9.17) is 9.47 Å². The van der Waals surface area contributed by atoms with Crippen molar-refractivity contribution in [1.82, 2.24) is 5.32 Å². The summed E-state index contributed by atoms with van der Waals surface area (Å²) in [6.07, 6.45) is 1.83. The predicted molar refractivity (Wildman–Crippen MR) is 118 cm³/mol. The zero-order chi connectivity index (χ0) is 20.3. The van der Waals surface area contributed by atoms with Gasteiger partial charge in [0.05, 0.1) is 28.3 Å². The van der Waals surface area contributed by atoms with Crippen LogP contribution in [0.2, 0.25) is 0 Å². The molecule has 1 N–H and O–H groups in total. The third-order valence-corrected chi connectivity index (χ3v) is 5.32. The van der Waals surface area contributed by atoms with Crippen molar-refractivity contribution in [2.24, 2.45) is 4.99 Å². The summed E-state index contributed by atoms with van der Waals surface area (Å²) in [6, 6.07) is 11.6. The van der Waals surface area contributed by atoms with Gasteiger partial charge >= 0.3 is 0 Å². The molecule has 0 unspecified atom stereocenters. The van der Waals surface area contributed by atoms with Crippen LogP contribution < -0.4 is 14.8 Å². The van der Waals surface area contributed by atoms with Crippen molar-refractivity contribution < 1.29 is 14.3 Å². The van der Waals surface area contributed by atoms with Gasteiger partial charge in [0.1, 0.15) is 0 Å². The minimum Gasteiger partial charge on any atom is -0.493 e. The number of amides is 1. The summed E-state index contributed by atoms with van der Waals surface area (Å²) in [5.41, 5.74) is 2.79. The van der Waals surface area contributed by atoms with Crippen LogP contribution in [0.15, 0.2) is 50.8 Å². The van der Waals surface area contributed by atoms with Gasteiger partial charge in [-0.2, -0.15) is 0 Å². The van der Waals surface area contributed by atoms with Crippen LogP contribution in [-0.2, 0) is 4.79 Å². The first-order valence-corrected chi connectivity index (χ1v) is 10.4. The predicted octanol–water partition coefficient (Wildman–Crippen LogP) is 5.44. The second-order valence-electron chi connectivity index (χ2n) is 6.52. The molecular weight excluding hydrogens is 440 g/mol. The molecule has 1 heterocycles. The molecular formula is C21H21BrN2O3S. The Morgan fingerprint density at radius 3 is 2.57 bits per heavy atom. The van der Waals surface area contributed by atoms with E-state index >= 15 is 0 Å². The molecule has 7 heteroatoms. The first-order chi connectivity index (χ1) is 13.4. The number of nitrogens with one attached hydrogen (secondary N) is 1. The van der Waals surface area contributed by atoms with E-state index in [1.54, 1.807) is 7.11 Å². The Morgan fingerprint density at radius 2 is 1.93 bits per heavy atom. The maximum Gasteiger partial charge on any atom is 0.264 e. The second-order valence-corrected chi connectivity index (χ2v) is 8.40. The largest absolute Gasteiger partial charge is 0.493 e. The van der Waals surface area contributed by atoms with Gasteiger partial charge in [-0.25, -0.2) is 4.99 Å². The first kappa shape index (κ1) is 20.5. The Bertz CT molecular complexity index is 953. The fraction of sp³-hybridized carbons (Fsp3) is 0.238. The molecule has 28 heavy (non-hydrogen) atoms. The lowest BCUT2D eigenvalue weighted by Gasteiger charge is -2.16. The first-order valence-electron chi connectivity index (χ1n) is 8.76. The van der Waals surface area contributed by atoms with E-state index in [9.17, 15) is 4.79 Å². The quantitative estimate of drug-likeness (QED) is 0.602. The Balaban J connectivity index is 1.86. The van der Waals surface area contributed by atoms with E-state index in [1.165, 1.54) is 11.8 Å². The molecule has 0 spiro atoms. The molecule has 0 aromatic heterocycles. The molecule has 146 valence electrons. The number of halogens is 1. The number of aliphatic imine (C=N–C) groups is 1. The van der Waals surface area contributed by atoms with E-state index in [0.717, 1.165) is 21.3 Å². The van der Waals surface area contributed by atoms with E-state index < -0.39 is 0 Å². The molecule has 0 radical (unpaired) electrons. The Morgan fingerprint density at radius 1 is 1.21 bits per heavy atom. The van der Waals surface area contributed by atoms with Gasteiger partial charge in [-0.15, -0.1) is 0 Å². The van der Waals surface area contributed by atoms with E-state index in [0.29, 0.717) is 21.6 Å². The second kappa shape index (κ2) is 8.84. The van der Waals surface area contributed by atoms with Crippen LogP contribution in [0.25, 0.3) is 6.08 Å². The summed E-state index contributed by atoms with van der Waals surface area (Å²) >= 11 is 4.84. The van der Waals surface area contributed by atoms with Gasteiger partial charge in [0.15, 0.2) is 16.7 Å². The number of hydrogen-bond donors (Lipinski definition) is 1. The van der Waals surface area contributed by atoms with Crippen LogP contribution in [0.4, 0.5) is 5.69 Å². The highest BCUT2D eigenvalue weighted by atomic mass is 79.9. The summed E-state index contributed by atoms with van der Waals surface area (Å²) in [7, 11) is 1.59. The SMILES string of the molecule is COc1cc(/C=C2/SC(=Nc3ccc(C)cc3)NC2=O)cc(Br)c1OC(C)C. The van der Waals surface area contributed by atoms with Crippen molar-refractivity contribution in [2.45, 2.75) is 26.9 Å². The number of hydrogen-bond acceptors (Lipinski definition) is 5. The number of carbonyl (C=O) groups excluding carboxylic acids is 1. The molecule has 1 fully saturated rings. The standard InChI is InChI=1S/C21H21BrN2O3S/c1-12(2)27-19-16(22)9-14(10-17(19)26-4)11-18-20(25)24-21(28-18)23-15-7-5-13(3)6-8-15/h5-12H,1-4H3,(H,23,24,25)/b18-11+. The molecule has 1 amide bonds. The smallest absolute Gasteiger partial charge is 0.264 e. The molecule has 1 saturated heterocycles. The number of amidine groups is 1. The van der Waals surface area contributed by atoms with Crippen molar-refractivity contribution in [1.29, 1.82) is 0 Å². The molecule has 2 aromatic carbocycles. The highest BCUT2D eigenvalue weighted by Crippen LogP contribution is 2.38. The van der Waals surface area contributed by atoms with Crippen LogP contribution in [0.5, 0.6) is 11.5 Å². The molecule has 0 aliphatic carbocycles. The van der Waals surface area contributed by atoms with Crippen molar-refractivity contribution >= 4 is 50.5 Å². The Kier molecular flexibility index (Phi) is 6.46. The minimum atomic E-state index is -0.173. The molecule has 0 saturated carbocycles. The number of nitrogens with zero attached hydrogens (tertiary/aromatic N) is 1. The maximum atomic E-state index is 12.3. The maximum absolute atomic E-state index is 12.3. The normalized spacial score (nSPS) is 16.7. The van der Waals surface area contributed by atoms with Crippen molar-refractivity contribution in [2.75, 3.05) is 7.11 Å². The van der Waals surface area contributed by atoms with Crippen LogP contribution >= 0.6 is 27.7 Å². The Hall–Kier alpha value is -2.25. The lowest BCUT2D eigenvalue weighted by Crippen LogP contribution is -2.19. The summed E-state index contributed by atoms with van der Waals surface area (Å²) < 4.78 is 12.0. The van der Waals surface area contributed by atoms with Crippen molar-refractivity contribution in [3.8, 4) is 11.5 Å². The fourth-order valence-electron chi connectivity index (χ4n) is 2.54. The third kappa shape index (κ3) is 4.97. The molecule has 3 rings (SSSR count). The molecule has 1 aliphatic rings. The summed E-state index contributed by atoms with van der Waals surface area (Å²) in [5, 5.41) is 3.37. The van der Waals surface area contributed by atoms with E-state index in [1.807, 2.05) is 63.2 Å². The number of ether oxygens (including phenoxy) is 2. The number of thioether (sulfide) groups is 1. The van der Waals surface area contributed by atoms with Crippen LogP contribution in [-0.4, -0.2) is 24.3 Å². The number of methoxy groups -OCH3 is 1. The van der Waals surface area contributed by atoms with Gasteiger partial charge in [0.2, 0.25) is 0 Å². The number of carbonyl (C=O) groups is 1. The monoisotopic (exact) mass is 460 g/mol. The van der Waals surface area contributed by atoms with Gasteiger partial charge < -0.3 is 14.8 Å². The number of benzene rings is 2. The number of rotatable bonds is 5. The lowest BCUT2D eigenvalue weighted by atomic mass is 10.2. The molecule has 1 aliphatic heterocycles. The van der Waals surface area contributed by atoms with Crippen LogP contribution in [0, 0.1) is 6.92 Å². The van der Waals surface area contributed by atoms with Gasteiger partial charge in [-0.1, -0.05) is 17.7 Å². The number of aryl methyl sites for hydroxylation is 1. The molecule has 0 bridgehead atoms. The van der Waals surface area contributed by atoms with E-state index in [2.05, 4.69) is 26.2 Å². The lowest BCUT2D eigenvalue weighted by molar-refractivity contribution is -0.115. The third-order valence-electron chi connectivity index (χ3n) is 3.82. The van der Waals surface area contributed by atoms with Crippen LogP contribution in [0.3, 0.4) is 0 Å². The van der Waals surface area contributed by atoms with Crippen molar-refractivity contribution in [3.05, 3.63) is 56.9 Å².